The van der Waals surface area contributed by atoms with Crippen LogP contribution in [-0.2, 0) is 5.67 Å². The number of nitriles is 1. The van der Waals surface area contributed by atoms with Gasteiger partial charge >= 0.3 is 0 Å². The van der Waals surface area contributed by atoms with Gasteiger partial charge in [-0.1, -0.05) is 12.1 Å². The zero-order chi connectivity index (χ0) is 21.1. The highest BCUT2D eigenvalue weighted by Crippen LogP contribution is 2.40. The number of rotatable bonds is 5. The van der Waals surface area contributed by atoms with Crippen LogP contribution in [0.25, 0.3) is 0 Å². The fraction of sp³-hybridized carbons (Fsp3) is 0.476. The highest BCUT2D eigenvalue weighted by atomic mass is 19.1. The van der Waals surface area contributed by atoms with E-state index in [4.69, 9.17) is 10.00 Å². The van der Waals surface area contributed by atoms with Crippen molar-refractivity contribution in [2.75, 3.05) is 32.6 Å². The lowest BCUT2D eigenvalue weighted by atomic mass is 9.85. The number of hydrogen-bond donors (Lipinski definition) is 3. The summed E-state index contributed by atoms with van der Waals surface area (Å²) in [5.41, 5.74) is 7.08. The average Bonchev–Trinajstić information content (AvgIpc) is 3.24. The smallest absolute Gasteiger partial charge is 0.158 e. The number of piperidine rings is 1. The Labute approximate surface area is 175 Å². The molecule has 9 heteroatoms. The van der Waals surface area contributed by atoms with Gasteiger partial charge < -0.3 is 15.0 Å². The highest BCUT2D eigenvalue weighted by Gasteiger charge is 2.36. The molecule has 2 atom stereocenters. The molecule has 3 heterocycles. The van der Waals surface area contributed by atoms with Crippen molar-refractivity contribution in [2.45, 2.75) is 37.1 Å². The number of nitrogens with zero attached hydrogens (tertiary/aromatic N) is 4. The summed E-state index contributed by atoms with van der Waals surface area (Å²) in [5, 5.41) is 12.1. The van der Waals surface area contributed by atoms with Crippen LogP contribution >= 0.6 is 0 Å². The second-order valence-electron chi connectivity index (χ2n) is 7.90. The second kappa shape index (κ2) is 8.52. The molecular formula is C21H26FN7O. The van der Waals surface area contributed by atoms with Crippen molar-refractivity contribution in [1.29, 1.82) is 5.26 Å². The summed E-state index contributed by atoms with van der Waals surface area (Å²) in [6.45, 7) is 1.50. The topological polar surface area (TPSA) is 98.1 Å². The summed E-state index contributed by atoms with van der Waals surface area (Å²) in [6, 6.07) is 7.63. The quantitative estimate of drug-likeness (QED) is 0.689. The van der Waals surface area contributed by atoms with Gasteiger partial charge in [-0.2, -0.15) is 5.26 Å². The molecule has 8 nitrogen and oxygen atoms in total. The van der Waals surface area contributed by atoms with Gasteiger partial charge in [0.1, 0.15) is 23.3 Å². The van der Waals surface area contributed by atoms with E-state index in [1.165, 1.54) is 12.4 Å². The van der Waals surface area contributed by atoms with Crippen molar-refractivity contribution in [3.8, 4) is 11.8 Å². The van der Waals surface area contributed by atoms with Gasteiger partial charge in [-0.25, -0.2) is 25.2 Å². The Morgan fingerprint density at radius 3 is 2.73 bits per heavy atom. The van der Waals surface area contributed by atoms with Gasteiger partial charge in [0.2, 0.25) is 0 Å². The first kappa shape index (κ1) is 20.5. The van der Waals surface area contributed by atoms with E-state index in [9.17, 15) is 0 Å². The van der Waals surface area contributed by atoms with E-state index in [1.54, 1.807) is 7.11 Å². The molecule has 0 bridgehead atoms. The fourth-order valence-corrected chi connectivity index (χ4v) is 4.03. The largest absolute Gasteiger partial charge is 0.496 e. The molecule has 2 saturated heterocycles. The van der Waals surface area contributed by atoms with Crippen molar-refractivity contribution < 1.29 is 9.13 Å². The molecule has 2 aliphatic rings. The molecule has 0 spiro atoms. The number of halogens is 1. The van der Waals surface area contributed by atoms with Crippen LogP contribution < -0.4 is 20.9 Å². The molecule has 2 aliphatic heterocycles. The number of likely N-dealkylation sites (tertiary alicyclic amines) is 1. The van der Waals surface area contributed by atoms with Crippen molar-refractivity contribution in [3.05, 3.63) is 47.4 Å². The van der Waals surface area contributed by atoms with E-state index in [0.717, 1.165) is 25.1 Å². The number of nitrogens with one attached hydrogen (secondary N) is 3. The molecule has 2 fully saturated rings. The SMILES string of the molecule is COc1cc(C2(F)CCN(C)CC2)ccc1C1CC(Nc2cnc(C#N)cn2)NN1. The number of ether oxygens (including phenoxy) is 1. The molecule has 158 valence electrons. The minimum atomic E-state index is -1.31. The lowest BCUT2D eigenvalue weighted by Gasteiger charge is -2.35. The average molecular weight is 411 g/mol. The first-order valence-electron chi connectivity index (χ1n) is 10.1. The fourth-order valence-electron chi connectivity index (χ4n) is 4.03. The number of anilines is 1. The first-order chi connectivity index (χ1) is 14.5. The Balaban J connectivity index is 1.45. The maximum Gasteiger partial charge on any atom is 0.158 e. The third-order valence-corrected chi connectivity index (χ3v) is 5.90. The molecule has 0 aliphatic carbocycles. The van der Waals surface area contributed by atoms with E-state index < -0.39 is 5.67 Å². The number of benzene rings is 1. The number of hydrazine groups is 1. The predicted octanol–water partition coefficient (Wildman–Crippen LogP) is 2.22. The summed E-state index contributed by atoms with van der Waals surface area (Å²) in [6.07, 6.45) is 4.59. The van der Waals surface area contributed by atoms with E-state index in [2.05, 4.69) is 31.0 Å². The van der Waals surface area contributed by atoms with Crippen molar-refractivity contribution in [2.24, 2.45) is 0 Å². The summed E-state index contributed by atoms with van der Waals surface area (Å²) < 4.78 is 21.1. The van der Waals surface area contributed by atoms with Gasteiger partial charge in [-0.05, 0) is 31.5 Å². The van der Waals surface area contributed by atoms with E-state index in [0.29, 0.717) is 30.0 Å². The summed E-state index contributed by atoms with van der Waals surface area (Å²) in [7, 11) is 3.64. The second-order valence-corrected chi connectivity index (χ2v) is 7.90. The van der Waals surface area contributed by atoms with E-state index >= 15 is 4.39 Å². The van der Waals surface area contributed by atoms with Crippen molar-refractivity contribution >= 4 is 5.82 Å². The lowest BCUT2D eigenvalue weighted by molar-refractivity contribution is 0.0671. The number of alkyl halides is 1. The van der Waals surface area contributed by atoms with Crippen LogP contribution in [0.1, 0.15) is 42.1 Å². The molecule has 0 amide bonds. The standard InChI is InChI=1S/C21H26FN7O/c1-29-7-5-21(22,6-8-29)14-3-4-16(18(9-14)30-2)17-10-19(28-27-17)26-20-13-24-15(11-23)12-25-20/h3-4,9,12-13,17,19,27-28H,5-8,10H2,1-2H3,(H,25,26). The predicted molar refractivity (Wildman–Crippen MR) is 110 cm³/mol. The van der Waals surface area contributed by atoms with Crippen molar-refractivity contribution in [1.82, 2.24) is 25.7 Å². The third kappa shape index (κ3) is 4.21. The monoisotopic (exact) mass is 411 g/mol. The molecule has 1 aromatic heterocycles. The molecule has 30 heavy (non-hydrogen) atoms. The minimum absolute atomic E-state index is 0.00843. The molecule has 2 unspecified atom stereocenters. The minimum Gasteiger partial charge on any atom is -0.496 e. The molecule has 1 aromatic carbocycles. The maximum absolute atomic E-state index is 15.5. The number of methoxy groups -OCH3 is 1. The molecule has 0 radical (unpaired) electrons. The van der Waals surface area contributed by atoms with E-state index in [-0.39, 0.29) is 17.9 Å². The molecule has 4 rings (SSSR count). The Hall–Kier alpha value is -2.80. The Bertz CT molecular complexity index is 922. The normalized spacial score (nSPS) is 23.7. The van der Waals surface area contributed by atoms with Crippen LogP contribution in [0, 0.1) is 11.3 Å². The summed E-state index contributed by atoms with van der Waals surface area (Å²) in [5.74, 6) is 1.26. The van der Waals surface area contributed by atoms with Gasteiger partial charge in [0.05, 0.1) is 31.7 Å². The van der Waals surface area contributed by atoms with Crippen LogP contribution in [0.2, 0.25) is 0 Å². The first-order valence-corrected chi connectivity index (χ1v) is 10.1. The van der Waals surface area contributed by atoms with Crippen LogP contribution in [0.3, 0.4) is 0 Å². The zero-order valence-electron chi connectivity index (χ0n) is 17.2. The van der Waals surface area contributed by atoms with Gasteiger partial charge in [0.25, 0.3) is 0 Å². The van der Waals surface area contributed by atoms with Crippen LogP contribution in [0.15, 0.2) is 30.6 Å². The Morgan fingerprint density at radius 1 is 1.27 bits per heavy atom. The van der Waals surface area contributed by atoms with Gasteiger partial charge in [0.15, 0.2) is 5.69 Å². The Kier molecular flexibility index (Phi) is 5.81. The highest BCUT2D eigenvalue weighted by molar-refractivity contribution is 5.43. The summed E-state index contributed by atoms with van der Waals surface area (Å²) >= 11 is 0. The molecule has 0 saturated carbocycles. The van der Waals surface area contributed by atoms with Crippen LogP contribution in [0.5, 0.6) is 5.75 Å². The number of aromatic nitrogens is 2. The molecular weight excluding hydrogens is 385 g/mol. The van der Waals surface area contributed by atoms with Gasteiger partial charge in [0, 0.05) is 25.1 Å². The van der Waals surface area contributed by atoms with Crippen LogP contribution in [-0.4, -0.2) is 48.3 Å². The van der Waals surface area contributed by atoms with Gasteiger partial charge in [-0.15, -0.1) is 0 Å². The zero-order valence-corrected chi connectivity index (χ0v) is 17.2. The number of hydrogen-bond acceptors (Lipinski definition) is 8. The van der Waals surface area contributed by atoms with Crippen LogP contribution in [0.4, 0.5) is 10.2 Å². The van der Waals surface area contributed by atoms with Crippen molar-refractivity contribution in [3.63, 3.8) is 0 Å². The molecule has 3 N–H and O–H groups in total. The van der Waals surface area contributed by atoms with E-state index in [1.807, 2.05) is 31.3 Å². The molecule has 2 aromatic rings. The third-order valence-electron chi connectivity index (χ3n) is 5.90. The Morgan fingerprint density at radius 2 is 2.07 bits per heavy atom. The summed E-state index contributed by atoms with van der Waals surface area (Å²) in [4.78, 5) is 10.4. The maximum atomic E-state index is 15.5. The van der Waals surface area contributed by atoms with Gasteiger partial charge in [-0.3, -0.25) is 0 Å². The lowest BCUT2D eigenvalue weighted by Crippen LogP contribution is -2.38.